The van der Waals surface area contributed by atoms with Gasteiger partial charge in [0.1, 0.15) is 12.6 Å². The molecule has 0 fully saturated rings. The Bertz CT molecular complexity index is 965. The number of anilines is 1. The van der Waals surface area contributed by atoms with Crippen molar-refractivity contribution in [2.45, 2.75) is 12.5 Å². The normalized spacial score (nSPS) is 11.4. The predicted octanol–water partition coefficient (Wildman–Crippen LogP) is 4.30. The molecule has 3 aromatic rings. The molecule has 0 saturated carbocycles. The summed E-state index contributed by atoms with van der Waals surface area (Å²) in [7, 11) is 0. The zero-order valence-electron chi connectivity index (χ0n) is 15.4. The fourth-order valence-corrected chi connectivity index (χ4v) is 2.94. The monoisotopic (exact) mass is 374 g/mol. The first kappa shape index (κ1) is 19.2. The van der Waals surface area contributed by atoms with Crippen LogP contribution in [-0.2, 0) is 16.0 Å². The molecule has 2 amide bonds. The Morgan fingerprint density at radius 3 is 2.46 bits per heavy atom. The molecule has 0 heterocycles. The molecule has 0 aromatic heterocycles. The Kier molecular flexibility index (Phi) is 6.41. The van der Waals surface area contributed by atoms with Crippen molar-refractivity contribution in [3.05, 3.63) is 91.0 Å². The van der Waals surface area contributed by atoms with E-state index >= 15 is 0 Å². The molecule has 3 rings (SSSR count). The minimum absolute atomic E-state index is 0.0940. The Hall–Kier alpha value is -3.60. The van der Waals surface area contributed by atoms with Crippen LogP contribution in [0.15, 0.2) is 85.5 Å². The van der Waals surface area contributed by atoms with E-state index < -0.39 is 18.0 Å². The standard InChI is InChI=1S/C23H22N2O3/c1-2-15-28-22(26)21(16-17-9-4-3-5-10-17)25-23(27)24-20-14-8-12-18-11-6-7-13-19(18)20/h2-14,21H,1,15-16H2,(H2,24,25,27)/t21-/m0/s1. The molecular weight excluding hydrogens is 352 g/mol. The first-order valence-corrected chi connectivity index (χ1v) is 9.04. The molecule has 0 aliphatic carbocycles. The molecule has 0 saturated heterocycles. The molecule has 0 bridgehead atoms. The molecule has 2 N–H and O–H groups in total. The van der Waals surface area contributed by atoms with Gasteiger partial charge in [0.15, 0.2) is 0 Å². The van der Waals surface area contributed by atoms with Gasteiger partial charge in [-0.2, -0.15) is 0 Å². The SMILES string of the molecule is C=CCOC(=O)[C@H](Cc1ccccc1)NC(=O)Nc1cccc2ccccc12. The van der Waals surface area contributed by atoms with E-state index in [0.29, 0.717) is 12.1 Å². The average molecular weight is 374 g/mol. The molecule has 0 aliphatic rings. The molecule has 0 aliphatic heterocycles. The van der Waals surface area contributed by atoms with Gasteiger partial charge >= 0.3 is 12.0 Å². The van der Waals surface area contributed by atoms with Crippen LogP contribution in [0, 0.1) is 0 Å². The number of hydrogen-bond acceptors (Lipinski definition) is 3. The minimum atomic E-state index is -0.808. The van der Waals surface area contributed by atoms with E-state index in [-0.39, 0.29) is 6.61 Å². The largest absolute Gasteiger partial charge is 0.460 e. The fraction of sp³-hybridized carbons (Fsp3) is 0.130. The lowest BCUT2D eigenvalue weighted by Gasteiger charge is -2.18. The van der Waals surface area contributed by atoms with Crippen molar-refractivity contribution in [2.24, 2.45) is 0 Å². The van der Waals surface area contributed by atoms with Crippen molar-refractivity contribution in [1.29, 1.82) is 0 Å². The molecule has 0 unspecified atom stereocenters. The van der Waals surface area contributed by atoms with Gasteiger partial charge in [-0.05, 0) is 17.0 Å². The number of esters is 1. The van der Waals surface area contributed by atoms with Crippen molar-refractivity contribution in [2.75, 3.05) is 11.9 Å². The van der Waals surface area contributed by atoms with Gasteiger partial charge in [-0.25, -0.2) is 9.59 Å². The number of rotatable bonds is 7. The van der Waals surface area contributed by atoms with Crippen LogP contribution in [0.2, 0.25) is 0 Å². The zero-order valence-corrected chi connectivity index (χ0v) is 15.4. The third kappa shape index (κ3) is 4.98. The lowest BCUT2D eigenvalue weighted by Crippen LogP contribution is -2.45. The van der Waals surface area contributed by atoms with Gasteiger partial charge in [0.25, 0.3) is 0 Å². The first-order valence-electron chi connectivity index (χ1n) is 9.04. The number of urea groups is 1. The number of ether oxygens (including phenoxy) is 1. The number of amides is 2. The zero-order chi connectivity index (χ0) is 19.8. The lowest BCUT2D eigenvalue weighted by molar-refractivity contribution is -0.144. The Labute approximate surface area is 164 Å². The van der Waals surface area contributed by atoms with Crippen LogP contribution in [0.5, 0.6) is 0 Å². The van der Waals surface area contributed by atoms with Gasteiger partial charge in [-0.1, -0.05) is 79.4 Å². The molecule has 1 atom stereocenters. The Morgan fingerprint density at radius 1 is 0.964 bits per heavy atom. The first-order chi connectivity index (χ1) is 13.7. The Balaban J connectivity index is 1.74. The van der Waals surface area contributed by atoms with Gasteiger partial charge in [-0.3, -0.25) is 0 Å². The van der Waals surface area contributed by atoms with Gasteiger partial charge < -0.3 is 15.4 Å². The van der Waals surface area contributed by atoms with E-state index in [0.717, 1.165) is 16.3 Å². The number of nitrogens with one attached hydrogen (secondary N) is 2. The highest BCUT2D eigenvalue weighted by Gasteiger charge is 2.23. The highest BCUT2D eigenvalue weighted by molar-refractivity contribution is 6.02. The molecule has 142 valence electrons. The summed E-state index contributed by atoms with van der Waals surface area (Å²) >= 11 is 0. The van der Waals surface area contributed by atoms with Crippen LogP contribution in [-0.4, -0.2) is 24.6 Å². The van der Waals surface area contributed by atoms with Gasteiger partial charge in [0, 0.05) is 11.8 Å². The second-order valence-electron chi connectivity index (χ2n) is 6.29. The molecule has 0 spiro atoms. The molecular formula is C23H22N2O3. The maximum absolute atomic E-state index is 12.6. The van der Waals surface area contributed by atoms with Crippen molar-refractivity contribution in [3.63, 3.8) is 0 Å². The summed E-state index contributed by atoms with van der Waals surface area (Å²) in [6.07, 6.45) is 1.83. The second kappa shape index (κ2) is 9.37. The summed E-state index contributed by atoms with van der Waals surface area (Å²) in [6, 6.07) is 21.6. The van der Waals surface area contributed by atoms with Crippen molar-refractivity contribution >= 4 is 28.5 Å². The van der Waals surface area contributed by atoms with Crippen LogP contribution >= 0.6 is 0 Å². The summed E-state index contributed by atoms with van der Waals surface area (Å²) in [5, 5.41) is 7.51. The van der Waals surface area contributed by atoms with Crippen LogP contribution in [0.3, 0.4) is 0 Å². The molecule has 28 heavy (non-hydrogen) atoms. The smallest absolute Gasteiger partial charge is 0.329 e. The Morgan fingerprint density at radius 2 is 1.68 bits per heavy atom. The summed E-state index contributed by atoms with van der Waals surface area (Å²) in [6.45, 7) is 3.64. The summed E-state index contributed by atoms with van der Waals surface area (Å²) < 4.78 is 5.15. The van der Waals surface area contributed by atoms with Gasteiger partial charge in [0.05, 0.1) is 5.69 Å². The van der Waals surface area contributed by atoms with Crippen LogP contribution in [0.1, 0.15) is 5.56 Å². The third-order valence-electron chi connectivity index (χ3n) is 4.25. The van der Waals surface area contributed by atoms with E-state index in [2.05, 4.69) is 17.2 Å². The van der Waals surface area contributed by atoms with E-state index in [9.17, 15) is 9.59 Å². The predicted molar refractivity (Wildman–Crippen MR) is 111 cm³/mol. The van der Waals surface area contributed by atoms with Crippen LogP contribution in [0.4, 0.5) is 10.5 Å². The topological polar surface area (TPSA) is 67.4 Å². The van der Waals surface area contributed by atoms with Crippen molar-refractivity contribution in [1.82, 2.24) is 5.32 Å². The number of benzene rings is 3. The molecule has 0 radical (unpaired) electrons. The molecule has 5 heteroatoms. The average Bonchev–Trinajstić information content (AvgIpc) is 2.72. The lowest BCUT2D eigenvalue weighted by atomic mass is 10.1. The summed E-state index contributed by atoms with van der Waals surface area (Å²) in [5.41, 5.74) is 1.60. The number of hydrogen-bond donors (Lipinski definition) is 2. The van der Waals surface area contributed by atoms with Crippen molar-refractivity contribution < 1.29 is 14.3 Å². The maximum Gasteiger partial charge on any atom is 0.329 e. The second-order valence-corrected chi connectivity index (χ2v) is 6.29. The molecule has 5 nitrogen and oxygen atoms in total. The van der Waals surface area contributed by atoms with E-state index in [1.54, 1.807) is 0 Å². The van der Waals surface area contributed by atoms with E-state index in [1.165, 1.54) is 6.08 Å². The molecule has 3 aromatic carbocycles. The number of carbonyl (C=O) groups excluding carboxylic acids is 2. The summed E-state index contributed by atoms with van der Waals surface area (Å²) in [4.78, 5) is 25.0. The van der Waals surface area contributed by atoms with E-state index in [4.69, 9.17) is 4.74 Å². The minimum Gasteiger partial charge on any atom is -0.460 e. The quantitative estimate of drug-likeness (QED) is 0.479. The third-order valence-corrected chi connectivity index (χ3v) is 4.25. The van der Waals surface area contributed by atoms with Gasteiger partial charge in [-0.15, -0.1) is 0 Å². The van der Waals surface area contributed by atoms with Crippen LogP contribution in [0.25, 0.3) is 10.8 Å². The maximum atomic E-state index is 12.6. The fourth-order valence-electron chi connectivity index (χ4n) is 2.94. The van der Waals surface area contributed by atoms with Crippen molar-refractivity contribution in [3.8, 4) is 0 Å². The summed E-state index contributed by atoms with van der Waals surface area (Å²) in [5.74, 6) is -0.503. The van der Waals surface area contributed by atoms with Crippen LogP contribution < -0.4 is 10.6 Å². The highest BCUT2D eigenvalue weighted by Crippen LogP contribution is 2.22. The number of carbonyl (C=O) groups is 2. The van der Waals surface area contributed by atoms with Gasteiger partial charge in [0.2, 0.25) is 0 Å². The van der Waals surface area contributed by atoms with E-state index in [1.807, 2.05) is 72.8 Å². The highest BCUT2D eigenvalue weighted by atomic mass is 16.5. The number of fused-ring (bicyclic) bond motifs is 1.